The Morgan fingerprint density at radius 3 is 1.60 bits per heavy atom. The maximum atomic E-state index is 3.30. The minimum absolute atomic E-state index is 0.125. The summed E-state index contributed by atoms with van der Waals surface area (Å²) in [6, 6.07) is 0. The quantitative estimate of drug-likeness (QED) is 0.579. The van der Waals surface area contributed by atoms with E-state index in [-0.39, 0.29) is 5.66 Å². The highest BCUT2D eigenvalue weighted by atomic mass is 15.2. The van der Waals surface area contributed by atoms with Crippen molar-refractivity contribution in [2.45, 2.75) is 32.9 Å². The van der Waals surface area contributed by atoms with Gasteiger partial charge in [0.25, 0.3) is 0 Å². The zero-order valence-corrected chi connectivity index (χ0v) is 7.78. The van der Waals surface area contributed by atoms with Crippen molar-refractivity contribution in [1.82, 2.24) is 10.6 Å². The van der Waals surface area contributed by atoms with Gasteiger partial charge in [-0.3, -0.25) is 0 Å². The summed E-state index contributed by atoms with van der Waals surface area (Å²) in [7, 11) is 4.00. The van der Waals surface area contributed by atoms with Crippen molar-refractivity contribution in [2.75, 3.05) is 14.1 Å². The van der Waals surface area contributed by atoms with E-state index in [0.717, 1.165) is 6.42 Å². The molecule has 0 atom stereocenters. The zero-order valence-electron chi connectivity index (χ0n) is 7.78. The minimum Gasteiger partial charge on any atom is -0.302 e. The van der Waals surface area contributed by atoms with Crippen molar-refractivity contribution in [3.8, 4) is 0 Å². The van der Waals surface area contributed by atoms with Crippen LogP contribution in [0.1, 0.15) is 27.2 Å². The molecule has 0 aliphatic rings. The Kier molecular flexibility index (Phi) is 3.91. The van der Waals surface area contributed by atoms with Gasteiger partial charge >= 0.3 is 0 Å². The summed E-state index contributed by atoms with van der Waals surface area (Å²) in [4.78, 5) is 0. The summed E-state index contributed by atoms with van der Waals surface area (Å²) in [6.07, 6.45) is 1.11. The van der Waals surface area contributed by atoms with Gasteiger partial charge in [-0.15, -0.1) is 0 Å². The van der Waals surface area contributed by atoms with Crippen LogP contribution >= 0.6 is 0 Å². The van der Waals surface area contributed by atoms with Gasteiger partial charge in [0, 0.05) is 0 Å². The van der Waals surface area contributed by atoms with E-state index in [9.17, 15) is 0 Å². The van der Waals surface area contributed by atoms with Gasteiger partial charge in [0.2, 0.25) is 0 Å². The molecule has 2 N–H and O–H groups in total. The number of hydrogen-bond donors (Lipinski definition) is 2. The first-order chi connectivity index (χ1) is 4.63. The van der Waals surface area contributed by atoms with Crippen LogP contribution in [0.3, 0.4) is 0 Å². The predicted molar refractivity (Wildman–Crippen MR) is 46.0 cm³/mol. The molecular formula is C8H20N2. The van der Waals surface area contributed by atoms with Crippen LogP contribution < -0.4 is 10.6 Å². The van der Waals surface area contributed by atoms with Gasteiger partial charge in [0.05, 0.1) is 5.66 Å². The monoisotopic (exact) mass is 144 g/mol. The normalized spacial score (nSPS) is 12.6. The Morgan fingerprint density at radius 2 is 1.60 bits per heavy atom. The molecule has 0 aromatic rings. The number of rotatable bonds is 4. The van der Waals surface area contributed by atoms with Crippen molar-refractivity contribution in [3.63, 3.8) is 0 Å². The smallest absolute Gasteiger partial charge is 0.0703 e. The Hall–Kier alpha value is -0.0800. The summed E-state index contributed by atoms with van der Waals surface area (Å²) in [5.41, 5.74) is 0.125. The summed E-state index contributed by atoms with van der Waals surface area (Å²) in [5, 5.41) is 6.61. The standard InChI is InChI=1S/C8H20N2/c1-6-8(9-4,10-5)7(2)3/h7,9-10H,6H2,1-5H3. The molecule has 0 aliphatic heterocycles. The molecule has 0 heterocycles. The molecule has 0 bridgehead atoms. The zero-order chi connectivity index (χ0) is 8.20. The summed E-state index contributed by atoms with van der Waals surface area (Å²) >= 11 is 0. The molecule has 0 amide bonds. The van der Waals surface area contributed by atoms with Crippen LogP contribution in [0.4, 0.5) is 0 Å². The lowest BCUT2D eigenvalue weighted by molar-refractivity contribution is 0.201. The van der Waals surface area contributed by atoms with Gasteiger partial charge in [-0.1, -0.05) is 20.8 Å². The molecule has 62 valence electrons. The fourth-order valence-corrected chi connectivity index (χ4v) is 1.46. The topological polar surface area (TPSA) is 24.1 Å². The van der Waals surface area contributed by atoms with Gasteiger partial charge in [-0.2, -0.15) is 0 Å². The van der Waals surface area contributed by atoms with Crippen molar-refractivity contribution < 1.29 is 0 Å². The van der Waals surface area contributed by atoms with Crippen molar-refractivity contribution in [3.05, 3.63) is 0 Å². The summed E-state index contributed by atoms with van der Waals surface area (Å²) in [5.74, 6) is 0.618. The lowest BCUT2D eigenvalue weighted by Crippen LogP contribution is -2.57. The average molecular weight is 144 g/mol. The Labute approximate surface area is 64.4 Å². The highest BCUT2D eigenvalue weighted by Gasteiger charge is 2.26. The van der Waals surface area contributed by atoms with Crippen LogP contribution in [-0.2, 0) is 0 Å². The van der Waals surface area contributed by atoms with Crippen LogP contribution in [-0.4, -0.2) is 19.8 Å². The molecular weight excluding hydrogens is 124 g/mol. The van der Waals surface area contributed by atoms with Crippen LogP contribution in [0.5, 0.6) is 0 Å². The molecule has 2 nitrogen and oxygen atoms in total. The largest absolute Gasteiger partial charge is 0.302 e. The third kappa shape index (κ3) is 1.70. The molecule has 0 unspecified atom stereocenters. The van der Waals surface area contributed by atoms with E-state index in [2.05, 4.69) is 31.4 Å². The third-order valence-corrected chi connectivity index (χ3v) is 2.44. The molecule has 0 aromatic heterocycles. The highest BCUT2D eigenvalue weighted by molar-refractivity contribution is 4.83. The second-order valence-corrected chi connectivity index (χ2v) is 2.98. The van der Waals surface area contributed by atoms with Gasteiger partial charge in [-0.25, -0.2) is 0 Å². The maximum Gasteiger partial charge on any atom is 0.0703 e. The first-order valence-electron chi connectivity index (χ1n) is 4.00. The van der Waals surface area contributed by atoms with E-state index in [0.29, 0.717) is 5.92 Å². The van der Waals surface area contributed by atoms with Crippen LogP contribution in [0.25, 0.3) is 0 Å². The number of hydrogen-bond acceptors (Lipinski definition) is 2. The average Bonchev–Trinajstić information content (AvgIpc) is 1.92. The molecule has 0 rings (SSSR count). The van der Waals surface area contributed by atoms with E-state index in [4.69, 9.17) is 0 Å². The summed E-state index contributed by atoms with van der Waals surface area (Å²) < 4.78 is 0. The lowest BCUT2D eigenvalue weighted by Gasteiger charge is -2.36. The molecule has 0 saturated carbocycles. The summed E-state index contributed by atoms with van der Waals surface area (Å²) in [6.45, 7) is 6.62. The lowest BCUT2D eigenvalue weighted by atomic mass is 9.93. The molecule has 0 spiro atoms. The first kappa shape index (κ1) is 9.92. The van der Waals surface area contributed by atoms with E-state index < -0.39 is 0 Å². The van der Waals surface area contributed by atoms with Crippen LogP contribution in [0.2, 0.25) is 0 Å². The fourth-order valence-electron chi connectivity index (χ4n) is 1.46. The highest BCUT2D eigenvalue weighted by Crippen LogP contribution is 2.15. The molecule has 2 heteroatoms. The predicted octanol–water partition coefficient (Wildman–Crippen LogP) is 1.19. The maximum absolute atomic E-state index is 3.30. The van der Waals surface area contributed by atoms with Crippen molar-refractivity contribution in [1.29, 1.82) is 0 Å². The second kappa shape index (κ2) is 3.94. The van der Waals surface area contributed by atoms with E-state index in [1.54, 1.807) is 0 Å². The van der Waals surface area contributed by atoms with Crippen molar-refractivity contribution >= 4 is 0 Å². The molecule has 0 fully saturated rings. The SMILES string of the molecule is CCC(NC)(NC)C(C)C. The molecule has 10 heavy (non-hydrogen) atoms. The van der Waals surface area contributed by atoms with Gasteiger partial charge in [0.1, 0.15) is 0 Å². The Balaban J connectivity index is 4.15. The second-order valence-electron chi connectivity index (χ2n) is 2.98. The molecule has 0 radical (unpaired) electrons. The first-order valence-corrected chi connectivity index (χ1v) is 4.00. The van der Waals surface area contributed by atoms with E-state index in [1.807, 2.05) is 14.1 Å². The van der Waals surface area contributed by atoms with Gasteiger partial charge in [0.15, 0.2) is 0 Å². The molecule has 0 saturated heterocycles. The molecule has 0 aromatic carbocycles. The van der Waals surface area contributed by atoms with Crippen molar-refractivity contribution in [2.24, 2.45) is 5.92 Å². The fraction of sp³-hybridized carbons (Fsp3) is 1.00. The third-order valence-electron chi connectivity index (χ3n) is 2.44. The minimum atomic E-state index is 0.125. The molecule has 0 aliphatic carbocycles. The van der Waals surface area contributed by atoms with E-state index >= 15 is 0 Å². The Bertz CT molecular complexity index is 77.0. The van der Waals surface area contributed by atoms with Gasteiger partial charge in [-0.05, 0) is 26.4 Å². The van der Waals surface area contributed by atoms with Crippen LogP contribution in [0.15, 0.2) is 0 Å². The van der Waals surface area contributed by atoms with Crippen LogP contribution in [0, 0.1) is 5.92 Å². The number of nitrogens with one attached hydrogen (secondary N) is 2. The Morgan fingerprint density at radius 1 is 1.20 bits per heavy atom. The van der Waals surface area contributed by atoms with E-state index in [1.165, 1.54) is 0 Å². The van der Waals surface area contributed by atoms with Gasteiger partial charge < -0.3 is 10.6 Å².